The van der Waals surface area contributed by atoms with E-state index in [1.165, 1.54) is 18.4 Å². The van der Waals surface area contributed by atoms with Crippen LogP contribution in [-0.2, 0) is 23.9 Å². The van der Waals surface area contributed by atoms with Gasteiger partial charge in [-0.25, -0.2) is 0 Å². The number of aliphatic carboxylic acids is 1. The number of fused-ring (bicyclic) bond motifs is 7. The number of Topliss-reactive ketones (excluding diaryl/α,β-unsaturated/α-hetero) is 1. The van der Waals surface area contributed by atoms with Crippen LogP contribution in [0.4, 0.5) is 0 Å². The maximum Gasteiger partial charge on any atom is 0.309 e. The number of carbonyl (C=O) groups excluding carboxylic acids is 3. The summed E-state index contributed by atoms with van der Waals surface area (Å²) < 4.78 is 6.16. The Balaban J connectivity index is 1.17. The van der Waals surface area contributed by atoms with E-state index in [1.54, 1.807) is 20.8 Å². The zero-order valence-corrected chi connectivity index (χ0v) is 33.5. The second-order valence-electron chi connectivity index (χ2n) is 20.2. The lowest BCUT2D eigenvalue weighted by Gasteiger charge is -2.71. The van der Waals surface area contributed by atoms with Crippen LogP contribution in [0.5, 0.6) is 0 Å². The second kappa shape index (κ2) is 13.3. The zero-order valence-electron chi connectivity index (χ0n) is 33.5. The molecule has 4 saturated carbocycles. The number of rotatable bonds is 10. The van der Waals surface area contributed by atoms with Crippen LogP contribution in [0.15, 0.2) is 11.1 Å². The smallest absolute Gasteiger partial charge is 0.309 e. The highest BCUT2D eigenvalue weighted by molar-refractivity contribution is 6.01. The van der Waals surface area contributed by atoms with Crippen LogP contribution < -0.4 is 5.32 Å². The summed E-state index contributed by atoms with van der Waals surface area (Å²) in [5.41, 5.74) is 1.76. The number of hydrogen-bond donors (Lipinski definition) is 2. The van der Waals surface area contributed by atoms with Gasteiger partial charge in [0.05, 0.1) is 11.8 Å². The molecule has 51 heavy (non-hydrogen) atoms. The van der Waals surface area contributed by atoms with Crippen molar-refractivity contribution in [2.75, 3.05) is 26.2 Å². The van der Waals surface area contributed by atoms with Crippen molar-refractivity contribution in [2.24, 2.45) is 68.5 Å². The van der Waals surface area contributed by atoms with Crippen LogP contribution in [0.2, 0.25) is 0 Å². The molecule has 5 fully saturated rings. The molecule has 0 spiro atoms. The molecule has 2 N–H and O–H groups in total. The lowest BCUT2D eigenvalue weighted by molar-refractivity contribution is -0.232. The molecule has 1 aliphatic heterocycles. The Morgan fingerprint density at radius 1 is 0.941 bits per heavy atom. The first-order valence-electron chi connectivity index (χ1n) is 20.4. The van der Waals surface area contributed by atoms with Gasteiger partial charge < -0.3 is 20.1 Å². The molecule has 286 valence electrons. The maximum atomic E-state index is 14.3. The molecule has 0 radical (unpaired) electrons. The molecule has 1 heterocycles. The second-order valence-corrected chi connectivity index (χ2v) is 20.2. The summed E-state index contributed by atoms with van der Waals surface area (Å²) >= 11 is 0. The molecule has 8 nitrogen and oxygen atoms in total. The number of hydrogen-bond acceptors (Lipinski definition) is 6. The van der Waals surface area contributed by atoms with Gasteiger partial charge in [-0.15, -0.1) is 0 Å². The number of nitrogens with one attached hydrogen (secondary N) is 1. The van der Waals surface area contributed by atoms with Crippen LogP contribution in [-0.4, -0.2) is 65.9 Å². The molecule has 1 unspecified atom stereocenters. The zero-order chi connectivity index (χ0) is 37.5. The number of amides is 1. The number of nitrogens with zero attached hydrogens (tertiary/aromatic N) is 1. The van der Waals surface area contributed by atoms with E-state index in [1.807, 2.05) is 4.90 Å². The molecule has 1 saturated heterocycles. The third-order valence-electron chi connectivity index (χ3n) is 16.4. The van der Waals surface area contributed by atoms with Gasteiger partial charge in [-0.2, -0.15) is 0 Å². The minimum absolute atomic E-state index is 0.0863. The molecule has 0 aromatic carbocycles. The van der Waals surface area contributed by atoms with E-state index in [4.69, 9.17) is 4.74 Å². The summed E-state index contributed by atoms with van der Waals surface area (Å²) in [6.07, 6.45) is 9.26. The number of allylic oxidation sites excluding steroid dienone is 2. The van der Waals surface area contributed by atoms with Crippen LogP contribution in [0.25, 0.3) is 0 Å². The first-order chi connectivity index (χ1) is 23.7. The average Bonchev–Trinajstić information content (AvgIpc) is 3.28. The maximum absolute atomic E-state index is 14.3. The van der Waals surface area contributed by atoms with Crippen molar-refractivity contribution in [1.82, 2.24) is 10.2 Å². The average molecular weight is 709 g/mol. The Morgan fingerprint density at radius 3 is 2.24 bits per heavy atom. The predicted molar refractivity (Wildman–Crippen MR) is 199 cm³/mol. The largest absolute Gasteiger partial charge is 0.481 e. The number of carboxylic acids is 1. The Bertz CT molecular complexity index is 1460. The van der Waals surface area contributed by atoms with Gasteiger partial charge in [-0.05, 0) is 130 Å². The summed E-state index contributed by atoms with van der Waals surface area (Å²) in [7, 11) is 0. The van der Waals surface area contributed by atoms with Crippen LogP contribution in [0, 0.1) is 68.5 Å². The fourth-order valence-electron chi connectivity index (χ4n) is 13.4. The fraction of sp³-hybridized carbons (Fsp3) is 0.860. The Labute approximate surface area is 307 Å². The SMILES string of the molecule is CC(=O)N1CC(CNCC[C@@H]2C(=O)C(C(C)C)=C3C2CC[C@]2(C)[C@@H]3CC[C@@H]3[C@@]4(C)CC[C@H](OC(=O)CC(C)(C)C(=O)O)C(C)(C)[C@@H]4CC[C@]32C)C1. The van der Waals surface area contributed by atoms with E-state index < -0.39 is 17.4 Å². The lowest BCUT2D eigenvalue weighted by Crippen LogP contribution is -2.65. The molecule has 6 rings (SSSR count). The highest BCUT2D eigenvalue weighted by atomic mass is 16.5. The van der Waals surface area contributed by atoms with Gasteiger partial charge in [-0.1, -0.05) is 54.0 Å². The normalized spacial score (nSPS) is 39.1. The van der Waals surface area contributed by atoms with Crippen molar-refractivity contribution in [3.05, 3.63) is 11.1 Å². The highest BCUT2D eigenvalue weighted by Gasteiger charge is 2.69. The molecule has 6 aliphatic rings. The Kier molecular flexibility index (Phi) is 10.0. The van der Waals surface area contributed by atoms with Gasteiger partial charge in [0.2, 0.25) is 5.91 Å². The quantitative estimate of drug-likeness (QED) is 0.177. The third-order valence-corrected chi connectivity index (χ3v) is 16.4. The lowest BCUT2D eigenvalue weighted by atomic mass is 9.33. The standard InChI is InChI=1S/C43H68N2O6/c1-25(2)35-36-28(29(37(35)48)16-20-44-22-27-23-45(24-27)26(3)46)13-18-42(9)30(36)11-12-32-41(8)17-15-33(51-34(47)21-39(4,5)38(49)50)40(6,7)31(41)14-19-43(32,42)10/h25,27-33,44H,11-24H2,1-10H3,(H,49,50)/t28?,29-,30+,31-,32+,33-,41-,42+,43+/m0/s1. The molecule has 9 atom stereocenters. The summed E-state index contributed by atoms with van der Waals surface area (Å²) in [5.74, 6) is 1.85. The van der Waals surface area contributed by atoms with Crippen molar-refractivity contribution in [2.45, 2.75) is 140 Å². The van der Waals surface area contributed by atoms with Crippen molar-refractivity contribution in [3.63, 3.8) is 0 Å². The molecule has 0 aromatic heterocycles. The van der Waals surface area contributed by atoms with Crippen LogP contribution >= 0.6 is 0 Å². The molecule has 8 heteroatoms. The molecule has 5 aliphatic carbocycles. The van der Waals surface area contributed by atoms with E-state index in [0.717, 1.165) is 76.7 Å². The summed E-state index contributed by atoms with van der Waals surface area (Å²) in [6.45, 7) is 25.1. The van der Waals surface area contributed by atoms with Gasteiger partial charge in [0, 0.05) is 43.8 Å². The first kappa shape index (κ1) is 38.5. The summed E-state index contributed by atoms with van der Waals surface area (Å²) in [4.78, 5) is 52.6. The summed E-state index contributed by atoms with van der Waals surface area (Å²) in [5, 5.41) is 13.2. The first-order valence-corrected chi connectivity index (χ1v) is 20.4. The highest BCUT2D eigenvalue weighted by Crippen LogP contribution is 2.75. The molecule has 1 amide bonds. The van der Waals surface area contributed by atoms with Gasteiger partial charge >= 0.3 is 11.9 Å². The van der Waals surface area contributed by atoms with E-state index in [9.17, 15) is 24.3 Å². The van der Waals surface area contributed by atoms with Gasteiger partial charge in [-0.3, -0.25) is 19.2 Å². The number of ether oxygens (including phenoxy) is 1. The number of likely N-dealkylation sites (tertiary alicyclic amines) is 1. The Hall–Kier alpha value is -2.22. The van der Waals surface area contributed by atoms with Crippen molar-refractivity contribution >= 4 is 23.6 Å². The topological polar surface area (TPSA) is 113 Å². The van der Waals surface area contributed by atoms with Crippen molar-refractivity contribution in [3.8, 4) is 0 Å². The molecule has 0 bridgehead atoms. The van der Waals surface area contributed by atoms with Crippen molar-refractivity contribution < 1.29 is 29.0 Å². The van der Waals surface area contributed by atoms with Crippen LogP contribution in [0.1, 0.15) is 133 Å². The van der Waals surface area contributed by atoms with Gasteiger partial charge in [0.25, 0.3) is 0 Å². The summed E-state index contributed by atoms with van der Waals surface area (Å²) in [6, 6.07) is 0. The van der Waals surface area contributed by atoms with E-state index in [-0.39, 0.29) is 51.9 Å². The number of carbonyl (C=O) groups is 4. The van der Waals surface area contributed by atoms with E-state index in [2.05, 4.69) is 53.8 Å². The minimum Gasteiger partial charge on any atom is -0.481 e. The molecular weight excluding hydrogens is 640 g/mol. The van der Waals surface area contributed by atoms with E-state index >= 15 is 0 Å². The number of ketones is 1. The fourth-order valence-corrected chi connectivity index (χ4v) is 13.4. The predicted octanol–water partition coefficient (Wildman–Crippen LogP) is 7.69. The Morgan fingerprint density at radius 2 is 1.61 bits per heavy atom. The van der Waals surface area contributed by atoms with Gasteiger partial charge in [0.1, 0.15) is 6.10 Å². The monoisotopic (exact) mass is 709 g/mol. The molecule has 0 aromatic rings. The van der Waals surface area contributed by atoms with Gasteiger partial charge in [0.15, 0.2) is 5.78 Å². The van der Waals surface area contributed by atoms with Crippen LogP contribution in [0.3, 0.4) is 0 Å². The van der Waals surface area contributed by atoms with E-state index in [0.29, 0.717) is 35.4 Å². The number of esters is 1. The van der Waals surface area contributed by atoms with Crippen molar-refractivity contribution in [1.29, 1.82) is 0 Å². The third kappa shape index (κ3) is 6.13. The molecular formula is C43H68N2O6. The minimum atomic E-state index is -1.15. The number of carboxylic acid groups (broad SMARTS) is 1.